The number of anilines is 2. The molecule has 3 atom stereocenters. The highest BCUT2D eigenvalue weighted by Crippen LogP contribution is 2.57. The quantitative estimate of drug-likeness (QED) is 0.306. The smallest absolute Gasteiger partial charge is 0.414 e. The predicted octanol–water partition coefficient (Wildman–Crippen LogP) is 4.56. The minimum atomic E-state index is -1.38. The van der Waals surface area contributed by atoms with E-state index in [2.05, 4.69) is 5.32 Å². The van der Waals surface area contributed by atoms with Crippen molar-refractivity contribution in [2.24, 2.45) is 10.8 Å². The Morgan fingerprint density at radius 3 is 2.04 bits per heavy atom. The molecule has 1 unspecified atom stereocenters. The lowest BCUT2D eigenvalue weighted by Crippen LogP contribution is -2.50. The van der Waals surface area contributed by atoms with Crippen molar-refractivity contribution in [3.8, 4) is 23.0 Å². The first-order valence-electron chi connectivity index (χ1n) is 17.4. The molecule has 3 amide bonds. The maximum absolute atomic E-state index is 13.7. The SMILES string of the molecule is COc1cc2c(cc1OCCCCCOc1cc3c(cc1OC)C(=O)N1CC4(CC4)C[C@H]1C(O)N3C(=O)O)NC[C@@H]1CC3(CC3)CN1C2=O. The Kier molecular flexibility index (Phi) is 7.73. The zero-order valence-electron chi connectivity index (χ0n) is 28.0. The number of nitrogens with one attached hydrogen (secondary N) is 1. The number of nitrogens with zero attached hydrogens (tertiary/aromatic N) is 3. The van der Waals surface area contributed by atoms with Crippen molar-refractivity contribution >= 4 is 29.3 Å². The summed E-state index contributed by atoms with van der Waals surface area (Å²) in [6.07, 6.45) is 5.50. The summed E-state index contributed by atoms with van der Waals surface area (Å²) in [5, 5.41) is 24.8. The van der Waals surface area contributed by atoms with Crippen LogP contribution in [0.4, 0.5) is 16.2 Å². The maximum atomic E-state index is 13.7. The van der Waals surface area contributed by atoms with Crippen LogP contribution >= 0.6 is 0 Å². The molecule has 2 saturated heterocycles. The molecule has 2 aliphatic carbocycles. The zero-order chi connectivity index (χ0) is 34.1. The normalized spacial score (nSPS) is 25.1. The molecule has 262 valence electrons. The van der Waals surface area contributed by atoms with Crippen LogP contribution in [0.3, 0.4) is 0 Å². The van der Waals surface area contributed by atoms with E-state index in [1.165, 1.54) is 32.1 Å². The van der Waals surface area contributed by atoms with E-state index >= 15 is 0 Å². The van der Waals surface area contributed by atoms with Crippen molar-refractivity contribution in [2.45, 2.75) is 76.1 Å². The summed E-state index contributed by atoms with van der Waals surface area (Å²) in [4.78, 5) is 44.1. The summed E-state index contributed by atoms with van der Waals surface area (Å²) in [6.45, 7) is 2.84. The third-order valence-corrected chi connectivity index (χ3v) is 11.6. The van der Waals surface area contributed by atoms with E-state index in [1.54, 1.807) is 18.1 Å². The summed E-state index contributed by atoms with van der Waals surface area (Å²) < 4.78 is 23.3. The minimum Gasteiger partial charge on any atom is -0.493 e. The third-order valence-electron chi connectivity index (χ3n) is 11.6. The fraction of sp³-hybridized carbons (Fsp3) is 0.583. The number of carboxylic acid groups (broad SMARTS) is 1. The van der Waals surface area contributed by atoms with Crippen LogP contribution in [0.2, 0.25) is 0 Å². The van der Waals surface area contributed by atoms with Gasteiger partial charge in [-0.15, -0.1) is 0 Å². The summed E-state index contributed by atoms with van der Waals surface area (Å²) in [5.41, 5.74) is 1.97. The number of carbonyl (C=O) groups is 3. The molecule has 6 aliphatic rings. The largest absolute Gasteiger partial charge is 0.493 e. The van der Waals surface area contributed by atoms with Crippen LogP contribution in [0.15, 0.2) is 24.3 Å². The fourth-order valence-electron chi connectivity index (χ4n) is 8.41. The van der Waals surface area contributed by atoms with Crippen LogP contribution in [0.5, 0.6) is 23.0 Å². The molecule has 3 N–H and O–H groups in total. The van der Waals surface area contributed by atoms with Gasteiger partial charge in [0.05, 0.1) is 56.0 Å². The third kappa shape index (κ3) is 5.55. The number of aliphatic hydroxyl groups excluding tert-OH is 1. The second-order valence-corrected chi connectivity index (χ2v) is 14.8. The number of fused-ring (bicyclic) bond motifs is 4. The van der Waals surface area contributed by atoms with Gasteiger partial charge in [0, 0.05) is 37.8 Å². The maximum Gasteiger partial charge on any atom is 0.414 e. The topological polar surface area (TPSA) is 150 Å². The van der Waals surface area contributed by atoms with Gasteiger partial charge in [0.15, 0.2) is 29.2 Å². The Morgan fingerprint density at radius 2 is 1.41 bits per heavy atom. The number of methoxy groups -OCH3 is 2. The van der Waals surface area contributed by atoms with Crippen molar-refractivity contribution in [1.29, 1.82) is 0 Å². The number of rotatable bonds is 10. The Bertz CT molecular complexity index is 1690. The molecule has 2 spiro atoms. The second kappa shape index (κ2) is 11.9. The average molecular weight is 677 g/mol. The van der Waals surface area contributed by atoms with E-state index < -0.39 is 18.4 Å². The second-order valence-electron chi connectivity index (χ2n) is 14.8. The molecule has 0 bridgehead atoms. The van der Waals surface area contributed by atoms with E-state index in [1.807, 2.05) is 11.0 Å². The molecule has 2 aromatic rings. The van der Waals surface area contributed by atoms with Crippen molar-refractivity contribution in [2.75, 3.05) is 57.3 Å². The Labute approximate surface area is 285 Å². The van der Waals surface area contributed by atoms with Gasteiger partial charge in [0.2, 0.25) is 0 Å². The van der Waals surface area contributed by atoms with E-state index in [0.717, 1.165) is 55.8 Å². The highest BCUT2D eigenvalue weighted by Gasteiger charge is 2.58. The van der Waals surface area contributed by atoms with Crippen molar-refractivity contribution in [1.82, 2.24) is 9.80 Å². The first-order chi connectivity index (χ1) is 23.6. The van der Waals surface area contributed by atoms with Crippen LogP contribution < -0.4 is 29.2 Å². The number of hydrogen-bond acceptors (Lipinski definition) is 9. The lowest BCUT2D eigenvalue weighted by molar-refractivity contribution is 0.0510. The van der Waals surface area contributed by atoms with E-state index in [9.17, 15) is 24.6 Å². The average Bonchev–Trinajstić information content (AvgIpc) is 3.97. The first-order valence-corrected chi connectivity index (χ1v) is 17.4. The van der Waals surface area contributed by atoms with Gasteiger partial charge >= 0.3 is 6.09 Å². The van der Waals surface area contributed by atoms with Gasteiger partial charge in [-0.1, -0.05) is 0 Å². The molecule has 4 fully saturated rings. The van der Waals surface area contributed by atoms with Crippen LogP contribution in [0.1, 0.15) is 78.5 Å². The molecule has 2 saturated carbocycles. The lowest BCUT2D eigenvalue weighted by Gasteiger charge is -2.30. The highest BCUT2D eigenvalue weighted by molar-refractivity contribution is 6.06. The molecule has 2 aromatic carbocycles. The Hall–Kier alpha value is -4.39. The van der Waals surface area contributed by atoms with E-state index in [-0.39, 0.29) is 34.5 Å². The molecule has 4 heterocycles. The highest BCUT2D eigenvalue weighted by atomic mass is 16.5. The summed E-state index contributed by atoms with van der Waals surface area (Å²) in [7, 11) is 3.05. The summed E-state index contributed by atoms with van der Waals surface area (Å²) >= 11 is 0. The first kappa shape index (κ1) is 31.9. The van der Waals surface area contributed by atoms with Gasteiger partial charge in [-0.2, -0.15) is 0 Å². The molecular formula is C36H44N4O9. The van der Waals surface area contributed by atoms with E-state index in [0.29, 0.717) is 66.6 Å². The van der Waals surface area contributed by atoms with Crippen LogP contribution in [-0.4, -0.2) is 103 Å². The number of amides is 3. The zero-order valence-corrected chi connectivity index (χ0v) is 28.0. The van der Waals surface area contributed by atoms with Crippen molar-refractivity contribution in [3.63, 3.8) is 0 Å². The van der Waals surface area contributed by atoms with Crippen LogP contribution in [-0.2, 0) is 0 Å². The van der Waals surface area contributed by atoms with Gasteiger partial charge in [0.1, 0.15) is 0 Å². The lowest BCUT2D eigenvalue weighted by atomic mass is 10.0. The summed E-state index contributed by atoms with van der Waals surface area (Å²) in [6, 6.07) is 6.27. The van der Waals surface area contributed by atoms with Gasteiger partial charge in [-0.25, -0.2) is 9.69 Å². The number of aliphatic hydroxyl groups is 1. The number of unbranched alkanes of at least 4 members (excludes halogenated alkanes) is 2. The van der Waals surface area contributed by atoms with Gasteiger partial charge in [0.25, 0.3) is 11.8 Å². The van der Waals surface area contributed by atoms with E-state index in [4.69, 9.17) is 18.9 Å². The Morgan fingerprint density at radius 1 is 0.816 bits per heavy atom. The predicted molar refractivity (Wildman–Crippen MR) is 178 cm³/mol. The standard InChI is InChI=1S/C36H44N4O9/c1-46-27-12-22-24(37-18-21-16-35(6-7-35)19-38(21)31(22)41)14-29(27)48-10-4-3-5-11-49-30-15-25-23(13-28(30)47-2)32(42)39-20-36(8-9-36)17-26(39)33(43)40(25)34(44)45/h12-15,21,26,33,37,43H,3-11,16-20H2,1-2H3,(H,44,45)/t21-,26-,33?/m0/s1. The summed E-state index contributed by atoms with van der Waals surface area (Å²) in [5.74, 6) is 1.48. The van der Waals surface area contributed by atoms with Gasteiger partial charge in [-0.3, -0.25) is 9.59 Å². The molecule has 13 nitrogen and oxygen atoms in total. The van der Waals surface area contributed by atoms with Crippen molar-refractivity contribution < 1.29 is 43.5 Å². The molecular weight excluding hydrogens is 632 g/mol. The molecule has 8 rings (SSSR count). The van der Waals surface area contributed by atoms with Gasteiger partial charge < -0.3 is 44.3 Å². The molecule has 13 heteroatoms. The number of benzene rings is 2. The molecule has 0 aromatic heterocycles. The molecule has 49 heavy (non-hydrogen) atoms. The minimum absolute atomic E-state index is 0.0117. The monoisotopic (exact) mass is 676 g/mol. The number of hydrogen-bond donors (Lipinski definition) is 3. The van der Waals surface area contributed by atoms with Crippen molar-refractivity contribution in [3.05, 3.63) is 35.4 Å². The van der Waals surface area contributed by atoms with Crippen LogP contribution in [0.25, 0.3) is 0 Å². The molecule has 4 aliphatic heterocycles. The fourth-order valence-corrected chi connectivity index (χ4v) is 8.41. The Balaban J connectivity index is 0.879. The number of ether oxygens (including phenoxy) is 4. The number of carbonyl (C=O) groups excluding carboxylic acids is 2. The van der Waals surface area contributed by atoms with Gasteiger partial charge in [-0.05, 0) is 80.8 Å². The van der Waals surface area contributed by atoms with Crippen LogP contribution in [0, 0.1) is 10.8 Å². The molecule has 0 radical (unpaired) electrons.